The minimum Gasteiger partial charge on any atom is -0.368 e. The molecule has 0 unspecified atom stereocenters. The van der Waals surface area contributed by atoms with Crippen LogP contribution in [0.2, 0.25) is 0 Å². The molecule has 2 atom stereocenters. The summed E-state index contributed by atoms with van der Waals surface area (Å²) in [5.41, 5.74) is -0.871. The van der Waals surface area contributed by atoms with Crippen molar-refractivity contribution in [2.24, 2.45) is 5.92 Å². The number of halogens is 3. The number of nitrogens with zero attached hydrogens (tertiary/aromatic N) is 3. The lowest BCUT2D eigenvalue weighted by atomic mass is 10.0. The van der Waals surface area contributed by atoms with Crippen LogP contribution in [0.5, 0.6) is 0 Å². The average Bonchev–Trinajstić information content (AvgIpc) is 3.15. The Hall–Kier alpha value is -1.57. The van der Waals surface area contributed by atoms with Crippen molar-refractivity contribution in [1.29, 1.82) is 0 Å². The van der Waals surface area contributed by atoms with Gasteiger partial charge in [0.1, 0.15) is 6.10 Å². The Balaban J connectivity index is 1.58. The molecule has 2 fully saturated rings. The first-order chi connectivity index (χ1) is 10.9. The SMILES string of the molecule is C[C@H]1CCO[C@@H]1C(=O)N1CCC(n2ccc(C(F)(F)F)n2)CC1. The number of carbonyl (C=O) groups excluding carboxylic acids is 1. The molecule has 5 nitrogen and oxygen atoms in total. The van der Waals surface area contributed by atoms with Gasteiger partial charge in [-0.15, -0.1) is 0 Å². The van der Waals surface area contributed by atoms with Crippen LogP contribution in [-0.4, -0.2) is 46.4 Å². The predicted molar refractivity (Wildman–Crippen MR) is 75.6 cm³/mol. The van der Waals surface area contributed by atoms with E-state index >= 15 is 0 Å². The minimum absolute atomic E-state index is 0.00453. The van der Waals surface area contributed by atoms with Crippen LogP contribution < -0.4 is 0 Å². The number of carbonyl (C=O) groups is 1. The van der Waals surface area contributed by atoms with E-state index in [4.69, 9.17) is 4.74 Å². The Labute approximate surface area is 132 Å². The molecule has 1 aromatic heterocycles. The number of alkyl halides is 3. The largest absolute Gasteiger partial charge is 0.435 e. The Bertz CT molecular complexity index is 565. The second kappa shape index (κ2) is 6.14. The van der Waals surface area contributed by atoms with Crippen molar-refractivity contribution < 1.29 is 22.7 Å². The number of piperidine rings is 1. The second-order valence-electron chi connectivity index (χ2n) is 6.29. The van der Waals surface area contributed by atoms with Crippen molar-refractivity contribution >= 4 is 5.91 Å². The lowest BCUT2D eigenvalue weighted by Gasteiger charge is -2.34. The summed E-state index contributed by atoms with van der Waals surface area (Å²) >= 11 is 0. The Morgan fingerprint density at radius 1 is 1.30 bits per heavy atom. The molecule has 2 aliphatic heterocycles. The van der Waals surface area contributed by atoms with Gasteiger partial charge in [0.05, 0.1) is 6.04 Å². The summed E-state index contributed by atoms with van der Waals surface area (Å²) < 4.78 is 44.7. The molecule has 0 aromatic carbocycles. The third-order valence-corrected chi connectivity index (χ3v) is 4.68. The number of aromatic nitrogens is 2. The van der Waals surface area contributed by atoms with Crippen LogP contribution in [0.15, 0.2) is 12.3 Å². The molecule has 0 radical (unpaired) electrons. The maximum absolute atomic E-state index is 12.6. The van der Waals surface area contributed by atoms with Crippen molar-refractivity contribution in [2.45, 2.75) is 44.5 Å². The first-order valence-corrected chi connectivity index (χ1v) is 7.89. The molecule has 1 aromatic rings. The number of hydrogen-bond acceptors (Lipinski definition) is 3. The molecule has 0 saturated carbocycles. The zero-order valence-electron chi connectivity index (χ0n) is 12.9. The molecule has 0 spiro atoms. The topological polar surface area (TPSA) is 47.4 Å². The van der Waals surface area contributed by atoms with E-state index in [0.717, 1.165) is 12.5 Å². The fourth-order valence-electron chi connectivity index (χ4n) is 3.23. The zero-order chi connectivity index (χ0) is 16.6. The van der Waals surface area contributed by atoms with Gasteiger partial charge in [0.2, 0.25) is 0 Å². The smallest absolute Gasteiger partial charge is 0.368 e. The molecule has 8 heteroatoms. The monoisotopic (exact) mass is 331 g/mol. The summed E-state index contributed by atoms with van der Waals surface area (Å²) in [7, 11) is 0. The summed E-state index contributed by atoms with van der Waals surface area (Å²) in [5, 5.41) is 3.63. The fourth-order valence-corrected chi connectivity index (χ4v) is 3.23. The van der Waals surface area contributed by atoms with Crippen molar-refractivity contribution in [3.63, 3.8) is 0 Å². The highest BCUT2D eigenvalue weighted by molar-refractivity contribution is 5.81. The number of rotatable bonds is 2. The third-order valence-electron chi connectivity index (χ3n) is 4.68. The fraction of sp³-hybridized carbons (Fsp3) is 0.733. The van der Waals surface area contributed by atoms with Crippen LogP contribution in [0.4, 0.5) is 13.2 Å². The summed E-state index contributed by atoms with van der Waals surface area (Å²) in [6, 6.07) is 0.892. The van der Waals surface area contributed by atoms with Crippen molar-refractivity contribution in [1.82, 2.24) is 14.7 Å². The highest BCUT2D eigenvalue weighted by atomic mass is 19.4. The van der Waals surface area contributed by atoms with Gasteiger partial charge in [-0.1, -0.05) is 6.92 Å². The molecule has 2 aliphatic rings. The zero-order valence-corrected chi connectivity index (χ0v) is 12.9. The van der Waals surface area contributed by atoms with E-state index in [9.17, 15) is 18.0 Å². The van der Waals surface area contributed by atoms with E-state index in [0.29, 0.717) is 32.5 Å². The lowest BCUT2D eigenvalue weighted by molar-refractivity contribution is -0.143. The molecule has 0 N–H and O–H groups in total. The van der Waals surface area contributed by atoms with Gasteiger partial charge < -0.3 is 9.64 Å². The highest BCUT2D eigenvalue weighted by Gasteiger charge is 2.37. The first kappa shape index (κ1) is 16.3. The van der Waals surface area contributed by atoms with E-state index in [1.807, 2.05) is 6.92 Å². The van der Waals surface area contributed by atoms with E-state index in [2.05, 4.69) is 5.10 Å². The van der Waals surface area contributed by atoms with Gasteiger partial charge in [-0.3, -0.25) is 9.48 Å². The van der Waals surface area contributed by atoms with Crippen LogP contribution in [0.1, 0.15) is 37.9 Å². The van der Waals surface area contributed by atoms with Gasteiger partial charge in [0.25, 0.3) is 5.91 Å². The molecule has 23 heavy (non-hydrogen) atoms. The summed E-state index contributed by atoms with van der Waals surface area (Å²) in [6.45, 7) is 3.67. The molecule has 0 bridgehead atoms. The van der Waals surface area contributed by atoms with Gasteiger partial charge in [-0.05, 0) is 31.2 Å². The van der Waals surface area contributed by atoms with E-state index in [-0.39, 0.29) is 24.0 Å². The van der Waals surface area contributed by atoms with Crippen LogP contribution >= 0.6 is 0 Å². The van der Waals surface area contributed by atoms with Gasteiger partial charge in [0.15, 0.2) is 5.69 Å². The van der Waals surface area contributed by atoms with Crippen molar-refractivity contribution in [3.05, 3.63) is 18.0 Å². The normalized spacial score (nSPS) is 26.7. The standard InChI is InChI=1S/C15H20F3N3O2/c1-10-5-9-23-13(10)14(22)20-6-2-11(3-7-20)21-8-4-12(19-21)15(16,17)18/h4,8,10-11,13H,2-3,5-7,9H2,1H3/t10-,13-/m0/s1. The van der Waals surface area contributed by atoms with E-state index in [1.165, 1.54) is 10.9 Å². The van der Waals surface area contributed by atoms with Gasteiger partial charge in [0, 0.05) is 25.9 Å². The average molecular weight is 331 g/mol. The number of hydrogen-bond donors (Lipinski definition) is 0. The van der Waals surface area contributed by atoms with Crippen LogP contribution in [0.25, 0.3) is 0 Å². The molecule has 1 amide bonds. The summed E-state index contributed by atoms with van der Waals surface area (Å²) in [5.74, 6) is 0.227. The van der Waals surface area contributed by atoms with Gasteiger partial charge in [-0.25, -0.2) is 0 Å². The maximum atomic E-state index is 12.6. The highest BCUT2D eigenvalue weighted by Crippen LogP contribution is 2.30. The molecule has 0 aliphatic carbocycles. The lowest BCUT2D eigenvalue weighted by Crippen LogP contribution is -2.45. The summed E-state index contributed by atoms with van der Waals surface area (Å²) in [6.07, 6.45) is -1.32. The van der Waals surface area contributed by atoms with Crippen LogP contribution in [0, 0.1) is 5.92 Å². The third kappa shape index (κ3) is 3.36. The molecule has 2 saturated heterocycles. The van der Waals surface area contributed by atoms with Crippen LogP contribution in [-0.2, 0) is 15.7 Å². The second-order valence-corrected chi connectivity index (χ2v) is 6.29. The van der Waals surface area contributed by atoms with Crippen molar-refractivity contribution in [3.8, 4) is 0 Å². The van der Waals surface area contributed by atoms with E-state index < -0.39 is 11.9 Å². The maximum Gasteiger partial charge on any atom is 0.435 e. The Morgan fingerprint density at radius 3 is 2.52 bits per heavy atom. The summed E-state index contributed by atoms with van der Waals surface area (Å²) in [4.78, 5) is 14.2. The molecular formula is C15H20F3N3O2. The van der Waals surface area contributed by atoms with E-state index in [1.54, 1.807) is 4.90 Å². The molecule has 3 heterocycles. The molecule has 128 valence electrons. The first-order valence-electron chi connectivity index (χ1n) is 7.89. The number of likely N-dealkylation sites (tertiary alicyclic amines) is 1. The molecular weight excluding hydrogens is 311 g/mol. The number of amides is 1. The van der Waals surface area contributed by atoms with Gasteiger partial charge in [-0.2, -0.15) is 18.3 Å². The Morgan fingerprint density at radius 2 is 2.00 bits per heavy atom. The van der Waals surface area contributed by atoms with Crippen LogP contribution in [0.3, 0.4) is 0 Å². The van der Waals surface area contributed by atoms with Gasteiger partial charge >= 0.3 is 6.18 Å². The minimum atomic E-state index is -4.42. The number of ether oxygens (including phenoxy) is 1. The predicted octanol–water partition coefficient (Wildman–Crippen LogP) is 2.49. The quantitative estimate of drug-likeness (QED) is 0.836. The Kier molecular flexibility index (Phi) is 4.35. The van der Waals surface area contributed by atoms with Crippen molar-refractivity contribution in [2.75, 3.05) is 19.7 Å². The molecule has 3 rings (SSSR count).